The molecule has 1 aliphatic heterocycles. The molecule has 1 aromatic heterocycles. The highest BCUT2D eigenvalue weighted by atomic mass is 15.1. The molecule has 2 rings (SSSR count). The topological polar surface area (TPSA) is 39.9 Å². The molecule has 1 aliphatic rings. The van der Waals surface area contributed by atoms with E-state index in [2.05, 4.69) is 22.9 Å². The number of aromatic nitrogens is 1. The van der Waals surface area contributed by atoms with Gasteiger partial charge in [-0.2, -0.15) is 5.26 Å². The Balaban J connectivity index is 2.14. The zero-order valence-corrected chi connectivity index (χ0v) is 8.98. The largest absolute Gasteiger partial charge is 0.371 e. The average Bonchev–Trinajstić information content (AvgIpc) is 2.78. The van der Waals surface area contributed by atoms with Gasteiger partial charge in [-0.3, -0.25) is 0 Å². The van der Waals surface area contributed by atoms with Crippen molar-refractivity contribution in [2.24, 2.45) is 5.92 Å². The number of hydrogen-bond donors (Lipinski definition) is 0. The first-order chi connectivity index (χ1) is 7.33. The second-order valence-electron chi connectivity index (χ2n) is 4.02. The summed E-state index contributed by atoms with van der Waals surface area (Å²) >= 11 is 0. The van der Waals surface area contributed by atoms with E-state index in [0.717, 1.165) is 24.7 Å². The van der Waals surface area contributed by atoms with E-state index in [1.165, 1.54) is 12.8 Å². The van der Waals surface area contributed by atoms with Gasteiger partial charge in [0, 0.05) is 25.0 Å². The van der Waals surface area contributed by atoms with Crippen LogP contribution in [0.4, 0.5) is 5.69 Å². The molecular weight excluding hydrogens is 186 g/mol. The van der Waals surface area contributed by atoms with Gasteiger partial charge in [-0.05, 0) is 24.5 Å². The molecule has 1 unspecified atom stereocenters. The van der Waals surface area contributed by atoms with E-state index < -0.39 is 0 Å². The quantitative estimate of drug-likeness (QED) is 0.736. The van der Waals surface area contributed by atoms with E-state index in [1.54, 1.807) is 6.20 Å². The van der Waals surface area contributed by atoms with Crippen molar-refractivity contribution in [3.63, 3.8) is 0 Å². The summed E-state index contributed by atoms with van der Waals surface area (Å²) in [6, 6.07) is 5.94. The van der Waals surface area contributed by atoms with Crippen LogP contribution in [0.1, 0.15) is 25.5 Å². The molecule has 0 radical (unpaired) electrons. The summed E-state index contributed by atoms with van der Waals surface area (Å²) in [7, 11) is 0. The molecule has 0 aliphatic carbocycles. The van der Waals surface area contributed by atoms with Crippen LogP contribution >= 0.6 is 0 Å². The molecule has 0 N–H and O–H groups in total. The predicted molar refractivity (Wildman–Crippen MR) is 59.6 cm³/mol. The van der Waals surface area contributed by atoms with Crippen molar-refractivity contribution in [2.75, 3.05) is 18.0 Å². The fraction of sp³-hybridized carbons (Fsp3) is 0.500. The third-order valence-electron chi connectivity index (χ3n) is 3.09. The third-order valence-corrected chi connectivity index (χ3v) is 3.09. The lowest BCUT2D eigenvalue weighted by atomic mass is 10.1. The fourth-order valence-electron chi connectivity index (χ4n) is 2.08. The molecule has 0 amide bonds. The number of nitriles is 1. The van der Waals surface area contributed by atoms with Crippen molar-refractivity contribution < 1.29 is 0 Å². The second-order valence-corrected chi connectivity index (χ2v) is 4.02. The minimum atomic E-state index is 0.507. The number of anilines is 1. The third kappa shape index (κ3) is 2.10. The maximum atomic E-state index is 8.77. The Labute approximate surface area is 90.4 Å². The molecule has 15 heavy (non-hydrogen) atoms. The molecule has 1 aromatic rings. The van der Waals surface area contributed by atoms with Crippen LogP contribution in [-0.4, -0.2) is 18.1 Å². The average molecular weight is 201 g/mol. The highest BCUT2D eigenvalue weighted by Crippen LogP contribution is 2.25. The Morgan fingerprint density at radius 1 is 1.67 bits per heavy atom. The summed E-state index contributed by atoms with van der Waals surface area (Å²) in [5.74, 6) is 0.809. The molecule has 0 spiro atoms. The summed E-state index contributed by atoms with van der Waals surface area (Å²) < 4.78 is 0. The van der Waals surface area contributed by atoms with Crippen LogP contribution in [-0.2, 0) is 0 Å². The lowest BCUT2D eigenvalue weighted by molar-refractivity contribution is 0.569. The van der Waals surface area contributed by atoms with Gasteiger partial charge in [0.25, 0.3) is 0 Å². The molecule has 1 fully saturated rings. The summed E-state index contributed by atoms with van der Waals surface area (Å²) in [6.07, 6.45) is 4.22. The first-order valence-electron chi connectivity index (χ1n) is 5.44. The maximum Gasteiger partial charge on any atom is 0.142 e. The lowest BCUT2D eigenvalue weighted by Gasteiger charge is -2.18. The van der Waals surface area contributed by atoms with E-state index >= 15 is 0 Å². The van der Waals surface area contributed by atoms with Gasteiger partial charge in [0.05, 0.1) is 0 Å². The number of pyridine rings is 1. The van der Waals surface area contributed by atoms with Crippen LogP contribution in [0.25, 0.3) is 0 Å². The maximum absolute atomic E-state index is 8.77. The second kappa shape index (κ2) is 4.31. The van der Waals surface area contributed by atoms with Crippen LogP contribution in [0.15, 0.2) is 18.3 Å². The van der Waals surface area contributed by atoms with E-state index in [9.17, 15) is 0 Å². The smallest absolute Gasteiger partial charge is 0.142 e. The van der Waals surface area contributed by atoms with Crippen molar-refractivity contribution in [1.82, 2.24) is 4.98 Å². The van der Waals surface area contributed by atoms with E-state index in [4.69, 9.17) is 5.26 Å². The van der Waals surface area contributed by atoms with Gasteiger partial charge >= 0.3 is 0 Å². The van der Waals surface area contributed by atoms with Crippen LogP contribution in [0.5, 0.6) is 0 Å². The molecular formula is C12H15N3. The zero-order valence-electron chi connectivity index (χ0n) is 8.98. The zero-order chi connectivity index (χ0) is 10.7. The van der Waals surface area contributed by atoms with Crippen molar-refractivity contribution in [2.45, 2.75) is 19.8 Å². The van der Waals surface area contributed by atoms with Gasteiger partial charge in [0.15, 0.2) is 0 Å². The molecule has 0 saturated carbocycles. The standard InChI is InChI=1S/C12H15N3/c1-2-10-4-6-15(9-10)12-3-5-14-11(7-12)8-13/h3,5,7,10H,2,4,6,9H2,1H3. The number of nitrogens with zero attached hydrogens (tertiary/aromatic N) is 3. The molecule has 78 valence electrons. The number of hydrogen-bond acceptors (Lipinski definition) is 3. The monoisotopic (exact) mass is 201 g/mol. The van der Waals surface area contributed by atoms with Gasteiger partial charge in [-0.1, -0.05) is 13.3 Å². The lowest BCUT2D eigenvalue weighted by Crippen LogP contribution is -2.19. The first kappa shape index (κ1) is 9.97. The van der Waals surface area contributed by atoms with E-state index in [0.29, 0.717) is 5.69 Å². The molecule has 2 heterocycles. The Kier molecular flexibility index (Phi) is 2.86. The van der Waals surface area contributed by atoms with Gasteiger partial charge in [0.1, 0.15) is 11.8 Å². The normalized spacial score (nSPS) is 20.3. The summed E-state index contributed by atoms with van der Waals surface area (Å²) in [4.78, 5) is 6.32. The summed E-state index contributed by atoms with van der Waals surface area (Å²) in [6.45, 7) is 4.46. The fourth-order valence-corrected chi connectivity index (χ4v) is 2.08. The van der Waals surface area contributed by atoms with Gasteiger partial charge < -0.3 is 4.90 Å². The van der Waals surface area contributed by atoms with Gasteiger partial charge in [-0.15, -0.1) is 0 Å². The molecule has 0 bridgehead atoms. The Bertz CT molecular complexity index is 381. The predicted octanol–water partition coefficient (Wildman–Crippen LogP) is 2.19. The van der Waals surface area contributed by atoms with Crippen molar-refractivity contribution >= 4 is 5.69 Å². The van der Waals surface area contributed by atoms with E-state index in [-0.39, 0.29) is 0 Å². The van der Waals surface area contributed by atoms with Crippen LogP contribution in [0.2, 0.25) is 0 Å². The highest BCUT2D eigenvalue weighted by molar-refractivity contribution is 5.49. The first-order valence-corrected chi connectivity index (χ1v) is 5.44. The Hall–Kier alpha value is -1.56. The Morgan fingerprint density at radius 3 is 3.20 bits per heavy atom. The van der Waals surface area contributed by atoms with Gasteiger partial charge in [0.2, 0.25) is 0 Å². The minimum Gasteiger partial charge on any atom is -0.371 e. The van der Waals surface area contributed by atoms with Gasteiger partial charge in [-0.25, -0.2) is 4.98 Å². The van der Waals surface area contributed by atoms with Crippen molar-refractivity contribution in [3.05, 3.63) is 24.0 Å². The molecule has 0 aromatic carbocycles. The SMILES string of the molecule is CCC1CCN(c2ccnc(C#N)c2)C1. The Morgan fingerprint density at radius 2 is 2.53 bits per heavy atom. The molecule has 1 saturated heterocycles. The molecule has 3 nitrogen and oxygen atoms in total. The van der Waals surface area contributed by atoms with Crippen LogP contribution in [0, 0.1) is 17.2 Å². The van der Waals surface area contributed by atoms with Crippen molar-refractivity contribution in [3.8, 4) is 6.07 Å². The highest BCUT2D eigenvalue weighted by Gasteiger charge is 2.21. The summed E-state index contributed by atoms with van der Waals surface area (Å²) in [5, 5.41) is 8.77. The number of rotatable bonds is 2. The molecule has 1 atom stereocenters. The van der Waals surface area contributed by atoms with Crippen LogP contribution in [0.3, 0.4) is 0 Å². The molecule has 3 heteroatoms. The van der Waals surface area contributed by atoms with E-state index in [1.807, 2.05) is 12.1 Å². The summed E-state index contributed by atoms with van der Waals surface area (Å²) in [5.41, 5.74) is 1.64. The minimum absolute atomic E-state index is 0.507. The van der Waals surface area contributed by atoms with Crippen molar-refractivity contribution in [1.29, 1.82) is 5.26 Å². The van der Waals surface area contributed by atoms with Crippen LogP contribution < -0.4 is 4.90 Å².